The van der Waals surface area contributed by atoms with Crippen molar-refractivity contribution in [2.45, 2.75) is 45.7 Å². The van der Waals surface area contributed by atoms with Crippen LogP contribution in [0.3, 0.4) is 0 Å². The maximum Gasteiger partial charge on any atom is 0.416 e. The molecule has 34 heavy (non-hydrogen) atoms. The smallest absolute Gasteiger partial charge is 0.416 e. The number of alkyl halides is 3. The average Bonchev–Trinajstić information content (AvgIpc) is 2.78. The normalized spacial score (nSPS) is 11.6. The minimum absolute atomic E-state index is 0.0658. The van der Waals surface area contributed by atoms with Crippen LogP contribution in [0.25, 0.3) is 6.08 Å². The van der Waals surface area contributed by atoms with Crippen molar-refractivity contribution in [1.82, 2.24) is 0 Å². The van der Waals surface area contributed by atoms with Crippen LogP contribution in [0.2, 0.25) is 0 Å². The van der Waals surface area contributed by atoms with Crippen LogP contribution in [0.4, 0.5) is 18.9 Å². The Morgan fingerprint density at radius 3 is 2.56 bits per heavy atom. The Balaban J connectivity index is 2.24. The van der Waals surface area contributed by atoms with Crippen molar-refractivity contribution in [3.05, 3.63) is 57.6 Å². The number of nitrogens with one attached hydrogen (secondary N) is 1. The van der Waals surface area contributed by atoms with E-state index in [0.717, 1.165) is 37.8 Å². The molecule has 0 saturated heterocycles. The van der Waals surface area contributed by atoms with E-state index < -0.39 is 17.6 Å². The number of nitriles is 1. The minimum Gasteiger partial charge on any atom is -0.490 e. The van der Waals surface area contributed by atoms with Gasteiger partial charge < -0.3 is 14.8 Å². The molecule has 2 aromatic rings. The maximum absolute atomic E-state index is 12.9. The molecule has 5 nitrogen and oxygen atoms in total. The summed E-state index contributed by atoms with van der Waals surface area (Å²) in [4.78, 5) is 12.5. The van der Waals surface area contributed by atoms with Crippen molar-refractivity contribution >= 4 is 33.6 Å². The third-order valence-corrected chi connectivity index (χ3v) is 5.29. The number of benzene rings is 2. The molecule has 2 aromatic carbocycles. The largest absolute Gasteiger partial charge is 0.490 e. The molecule has 0 aliphatic rings. The summed E-state index contributed by atoms with van der Waals surface area (Å²) in [7, 11) is 0. The molecule has 0 fully saturated rings. The Labute approximate surface area is 205 Å². The standard InChI is InChI=1S/C25H26BrF3N2O3/c1-3-5-6-7-11-34-23-21(26)13-17(14-22(23)33-4-2)12-18(16-30)24(32)31-20-10-8-9-19(15-20)25(27,28)29/h8-10,12-15H,3-7,11H2,1-2H3,(H,31,32)/b18-12+. The highest BCUT2D eigenvalue weighted by Crippen LogP contribution is 2.38. The lowest BCUT2D eigenvalue weighted by Gasteiger charge is -2.15. The van der Waals surface area contributed by atoms with Crippen LogP contribution in [-0.4, -0.2) is 19.1 Å². The molecule has 0 aliphatic heterocycles. The molecule has 9 heteroatoms. The Hall–Kier alpha value is -2.99. The van der Waals surface area contributed by atoms with E-state index in [-0.39, 0.29) is 11.3 Å². The predicted octanol–water partition coefficient (Wildman–Crippen LogP) is 7.37. The first-order valence-corrected chi connectivity index (χ1v) is 11.7. The highest BCUT2D eigenvalue weighted by Gasteiger charge is 2.30. The first kappa shape index (κ1) is 27.3. The number of unbranched alkanes of at least 4 members (excludes halogenated alkanes) is 3. The minimum atomic E-state index is -4.55. The number of ether oxygens (including phenoxy) is 2. The molecular weight excluding hydrogens is 513 g/mol. The molecular formula is C25H26BrF3N2O3. The predicted molar refractivity (Wildman–Crippen MR) is 129 cm³/mol. The van der Waals surface area contributed by atoms with Crippen molar-refractivity contribution in [3.63, 3.8) is 0 Å². The van der Waals surface area contributed by atoms with Crippen LogP contribution in [0.5, 0.6) is 11.5 Å². The Bertz CT molecular complexity index is 1060. The van der Waals surface area contributed by atoms with Gasteiger partial charge in [0.2, 0.25) is 0 Å². The molecule has 0 bridgehead atoms. The van der Waals surface area contributed by atoms with Gasteiger partial charge in [0.25, 0.3) is 5.91 Å². The number of carbonyl (C=O) groups is 1. The number of carbonyl (C=O) groups excluding carboxylic acids is 1. The van der Waals surface area contributed by atoms with Crippen molar-refractivity contribution < 1.29 is 27.4 Å². The number of hydrogen-bond donors (Lipinski definition) is 1. The van der Waals surface area contributed by atoms with Crippen LogP contribution in [0.1, 0.15) is 50.7 Å². The van der Waals surface area contributed by atoms with E-state index >= 15 is 0 Å². The summed E-state index contributed by atoms with van der Waals surface area (Å²) in [6, 6.07) is 9.32. The fraction of sp³-hybridized carbons (Fsp3) is 0.360. The SMILES string of the molecule is CCCCCCOc1c(Br)cc(/C=C(\C#N)C(=O)Nc2cccc(C(F)(F)F)c2)cc1OCC. The monoisotopic (exact) mass is 538 g/mol. The van der Waals surface area contributed by atoms with Gasteiger partial charge in [0.1, 0.15) is 11.6 Å². The summed E-state index contributed by atoms with van der Waals surface area (Å²) >= 11 is 3.46. The molecule has 0 heterocycles. The molecule has 0 aromatic heterocycles. The van der Waals surface area contributed by atoms with Gasteiger partial charge in [-0.15, -0.1) is 0 Å². The molecule has 0 aliphatic carbocycles. The Morgan fingerprint density at radius 2 is 1.91 bits per heavy atom. The number of rotatable bonds is 11. The highest BCUT2D eigenvalue weighted by molar-refractivity contribution is 9.10. The van der Waals surface area contributed by atoms with Crippen molar-refractivity contribution in [1.29, 1.82) is 5.26 Å². The summed E-state index contributed by atoms with van der Waals surface area (Å²) in [6.07, 6.45) is 1.01. The van der Waals surface area contributed by atoms with Crippen LogP contribution < -0.4 is 14.8 Å². The van der Waals surface area contributed by atoms with E-state index in [1.54, 1.807) is 18.2 Å². The number of halogens is 4. The molecule has 0 unspecified atom stereocenters. The van der Waals surface area contributed by atoms with Crippen LogP contribution in [0.15, 0.2) is 46.4 Å². The van der Waals surface area contributed by atoms with E-state index in [1.807, 2.05) is 6.92 Å². The third-order valence-electron chi connectivity index (χ3n) is 4.70. The quantitative estimate of drug-likeness (QED) is 0.184. The topological polar surface area (TPSA) is 71.3 Å². The molecule has 0 atom stereocenters. The molecule has 0 radical (unpaired) electrons. The van der Waals surface area contributed by atoms with E-state index in [2.05, 4.69) is 28.2 Å². The number of hydrogen-bond acceptors (Lipinski definition) is 4. The number of nitrogens with zero attached hydrogens (tertiary/aromatic N) is 1. The molecule has 1 amide bonds. The third kappa shape index (κ3) is 8.10. The summed E-state index contributed by atoms with van der Waals surface area (Å²) in [6.45, 7) is 4.86. The number of amides is 1. The van der Waals surface area contributed by atoms with Gasteiger partial charge in [-0.05, 0) is 71.2 Å². The van der Waals surface area contributed by atoms with Gasteiger partial charge in [-0.3, -0.25) is 4.79 Å². The summed E-state index contributed by atoms with van der Waals surface area (Å²) in [5.74, 6) is 0.156. The van der Waals surface area contributed by atoms with Crippen LogP contribution >= 0.6 is 15.9 Å². The van der Waals surface area contributed by atoms with Gasteiger partial charge in [-0.2, -0.15) is 18.4 Å². The van der Waals surface area contributed by atoms with E-state index in [0.29, 0.717) is 34.7 Å². The van der Waals surface area contributed by atoms with Gasteiger partial charge in [0, 0.05) is 5.69 Å². The summed E-state index contributed by atoms with van der Waals surface area (Å²) < 4.78 is 50.9. The highest BCUT2D eigenvalue weighted by atomic mass is 79.9. The van der Waals surface area contributed by atoms with Gasteiger partial charge in [-0.25, -0.2) is 0 Å². The van der Waals surface area contributed by atoms with Gasteiger partial charge >= 0.3 is 6.18 Å². The van der Waals surface area contributed by atoms with Crippen molar-refractivity contribution in [2.24, 2.45) is 0 Å². The van der Waals surface area contributed by atoms with Crippen molar-refractivity contribution in [3.8, 4) is 17.6 Å². The van der Waals surface area contributed by atoms with E-state index in [4.69, 9.17) is 9.47 Å². The van der Waals surface area contributed by atoms with E-state index in [9.17, 15) is 23.2 Å². The van der Waals surface area contributed by atoms with Crippen LogP contribution in [0, 0.1) is 11.3 Å². The zero-order chi connectivity index (χ0) is 25.1. The molecule has 182 valence electrons. The average molecular weight is 539 g/mol. The Kier molecular flexibility index (Phi) is 10.5. The van der Waals surface area contributed by atoms with Gasteiger partial charge in [0.15, 0.2) is 11.5 Å². The Morgan fingerprint density at radius 1 is 1.15 bits per heavy atom. The zero-order valence-corrected chi connectivity index (χ0v) is 20.6. The lowest BCUT2D eigenvalue weighted by molar-refractivity contribution is -0.137. The van der Waals surface area contributed by atoms with Crippen LogP contribution in [-0.2, 0) is 11.0 Å². The number of anilines is 1. The molecule has 2 rings (SSSR count). The lowest BCUT2D eigenvalue weighted by atomic mass is 10.1. The van der Waals surface area contributed by atoms with Gasteiger partial charge in [0.05, 0.1) is 23.2 Å². The second-order valence-corrected chi connectivity index (χ2v) is 8.23. The fourth-order valence-corrected chi connectivity index (χ4v) is 3.64. The van der Waals surface area contributed by atoms with Gasteiger partial charge in [-0.1, -0.05) is 32.3 Å². The first-order chi connectivity index (χ1) is 16.2. The maximum atomic E-state index is 12.9. The second-order valence-electron chi connectivity index (χ2n) is 7.37. The molecule has 1 N–H and O–H groups in total. The fourth-order valence-electron chi connectivity index (χ4n) is 3.06. The summed E-state index contributed by atoms with van der Waals surface area (Å²) in [5.41, 5.74) is -0.753. The molecule has 0 spiro atoms. The van der Waals surface area contributed by atoms with Crippen molar-refractivity contribution in [2.75, 3.05) is 18.5 Å². The molecule has 0 saturated carbocycles. The zero-order valence-electron chi connectivity index (χ0n) is 19.0. The van der Waals surface area contributed by atoms with E-state index in [1.165, 1.54) is 18.2 Å². The second kappa shape index (κ2) is 13.0. The lowest BCUT2D eigenvalue weighted by Crippen LogP contribution is -2.14. The summed E-state index contributed by atoms with van der Waals surface area (Å²) in [5, 5.41) is 11.8. The first-order valence-electron chi connectivity index (χ1n) is 10.9.